The van der Waals surface area contributed by atoms with Gasteiger partial charge in [-0.05, 0) is 13.3 Å². The normalized spacial score (nSPS) is 37.5. The van der Waals surface area contributed by atoms with Gasteiger partial charge in [-0.15, -0.1) is 0 Å². The maximum Gasteiger partial charge on any atom is 0.309 e. The molecule has 2 atom stereocenters. The molecule has 1 fully saturated rings. The van der Waals surface area contributed by atoms with Crippen LogP contribution in [0.25, 0.3) is 0 Å². The second-order valence-corrected chi connectivity index (χ2v) is 2.38. The summed E-state index contributed by atoms with van der Waals surface area (Å²) in [7, 11) is 0. The average molecular weight is 114 g/mol. The molecule has 0 N–H and O–H groups in total. The molecule has 46 valence electrons. The number of carbonyl (C=O) groups is 1. The van der Waals surface area contributed by atoms with E-state index in [4.69, 9.17) is 4.74 Å². The number of cyclic esters (lactones) is 1. The van der Waals surface area contributed by atoms with Crippen molar-refractivity contribution in [1.82, 2.24) is 0 Å². The molecule has 0 spiro atoms. The molecule has 0 aliphatic carbocycles. The number of hydrogen-bond donors (Lipinski definition) is 0. The summed E-state index contributed by atoms with van der Waals surface area (Å²) in [5.74, 6) is 0.0856. The van der Waals surface area contributed by atoms with Crippen LogP contribution in [0.3, 0.4) is 0 Å². The molecule has 2 nitrogen and oxygen atoms in total. The van der Waals surface area contributed by atoms with Crippen molar-refractivity contribution in [2.24, 2.45) is 5.92 Å². The molecule has 1 saturated heterocycles. The average Bonchev–Trinajstić information content (AvgIpc) is 1.85. The van der Waals surface area contributed by atoms with Crippen molar-refractivity contribution in [3.63, 3.8) is 0 Å². The lowest BCUT2D eigenvalue weighted by Gasteiger charge is -1.95. The number of rotatable bonds is 0. The van der Waals surface area contributed by atoms with Crippen LogP contribution in [0.1, 0.15) is 20.3 Å². The standard InChI is InChI=1S/C6H10O2/c1-4-3-5(2)8-6(4)7/h4-5H,3H2,1-2H3. The zero-order chi connectivity index (χ0) is 6.15. The van der Waals surface area contributed by atoms with Crippen LogP contribution in [-0.4, -0.2) is 12.1 Å². The molecular weight excluding hydrogens is 104 g/mol. The van der Waals surface area contributed by atoms with Gasteiger partial charge in [0.1, 0.15) is 0 Å². The summed E-state index contributed by atoms with van der Waals surface area (Å²) < 4.78 is 4.83. The molecule has 0 amide bonds. The Labute approximate surface area is 48.8 Å². The Morgan fingerprint density at radius 3 is 2.38 bits per heavy atom. The Balaban J connectivity index is 2.51. The zero-order valence-corrected chi connectivity index (χ0v) is 5.18. The van der Waals surface area contributed by atoms with Gasteiger partial charge in [-0.3, -0.25) is 4.79 Å². The van der Waals surface area contributed by atoms with Gasteiger partial charge >= 0.3 is 5.97 Å². The second kappa shape index (κ2) is 1.77. The molecule has 1 heterocycles. The van der Waals surface area contributed by atoms with Crippen molar-refractivity contribution < 1.29 is 9.53 Å². The topological polar surface area (TPSA) is 26.3 Å². The highest BCUT2D eigenvalue weighted by Crippen LogP contribution is 2.18. The Kier molecular flexibility index (Phi) is 1.24. The van der Waals surface area contributed by atoms with Crippen molar-refractivity contribution in [3.8, 4) is 0 Å². The van der Waals surface area contributed by atoms with Crippen molar-refractivity contribution in [2.75, 3.05) is 0 Å². The van der Waals surface area contributed by atoms with Gasteiger partial charge in [0.2, 0.25) is 0 Å². The smallest absolute Gasteiger partial charge is 0.309 e. The van der Waals surface area contributed by atoms with E-state index in [9.17, 15) is 4.79 Å². The highest BCUT2D eigenvalue weighted by atomic mass is 16.5. The lowest BCUT2D eigenvalue weighted by molar-refractivity contribution is -0.143. The zero-order valence-electron chi connectivity index (χ0n) is 5.18. The quantitative estimate of drug-likeness (QED) is 0.438. The number of hydrogen-bond acceptors (Lipinski definition) is 2. The molecule has 0 aromatic heterocycles. The first-order valence-electron chi connectivity index (χ1n) is 2.90. The largest absolute Gasteiger partial charge is 0.462 e. The summed E-state index contributed by atoms with van der Waals surface area (Å²) in [6.45, 7) is 3.81. The van der Waals surface area contributed by atoms with Crippen LogP contribution in [0.5, 0.6) is 0 Å². The molecular formula is C6H10O2. The lowest BCUT2D eigenvalue weighted by Crippen LogP contribution is -2.02. The Morgan fingerprint density at radius 2 is 2.25 bits per heavy atom. The fourth-order valence-electron chi connectivity index (χ4n) is 0.957. The molecule has 2 unspecified atom stereocenters. The Bertz CT molecular complexity index is 109. The fourth-order valence-corrected chi connectivity index (χ4v) is 0.957. The van der Waals surface area contributed by atoms with Crippen LogP contribution in [0.15, 0.2) is 0 Å². The van der Waals surface area contributed by atoms with E-state index in [-0.39, 0.29) is 18.0 Å². The summed E-state index contributed by atoms with van der Waals surface area (Å²) in [6, 6.07) is 0. The number of ether oxygens (including phenoxy) is 1. The Morgan fingerprint density at radius 1 is 1.62 bits per heavy atom. The second-order valence-electron chi connectivity index (χ2n) is 2.38. The minimum absolute atomic E-state index is 0.0440. The molecule has 1 rings (SSSR count). The summed E-state index contributed by atoms with van der Waals surface area (Å²) in [6.07, 6.45) is 1.04. The van der Waals surface area contributed by atoms with E-state index in [1.54, 1.807) is 0 Å². The van der Waals surface area contributed by atoms with Gasteiger partial charge in [0, 0.05) is 0 Å². The van der Waals surface area contributed by atoms with Gasteiger partial charge in [0.15, 0.2) is 0 Å². The van der Waals surface area contributed by atoms with Gasteiger partial charge in [-0.1, -0.05) is 6.92 Å². The SMILES string of the molecule is CC1CC(C)C(=O)O1. The maximum absolute atomic E-state index is 10.6. The van der Waals surface area contributed by atoms with Crippen molar-refractivity contribution in [2.45, 2.75) is 26.4 Å². The van der Waals surface area contributed by atoms with Crippen molar-refractivity contribution >= 4 is 5.97 Å². The molecule has 0 radical (unpaired) electrons. The summed E-state index contributed by atoms with van der Waals surface area (Å²) in [4.78, 5) is 10.6. The number of esters is 1. The molecule has 8 heavy (non-hydrogen) atoms. The number of carbonyl (C=O) groups excluding carboxylic acids is 1. The highest BCUT2D eigenvalue weighted by molar-refractivity contribution is 5.73. The van der Waals surface area contributed by atoms with Crippen LogP contribution in [0.2, 0.25) is 0 Å². The molecule has 2 heteroatoms. The molecule has 0 saturated carbocycles. The predicted molar refractivity (Wildman–Crippen MR) is 29.3 cm³/mol. The van der Waals surface area contributed by atoms with E-state index in [1.165, 1.54) is 0 Å². The fraction of sp³-hybridized carbons (Fsp3) is 0.833. The van der Waals surface area contributed by atoms with E-state index in [1.807, 2.05) is 13.8 Å². The van der Waals surface area contributed by atoms with Gasteiger partial charge in [-0.2, -0.15) is 0 Å². The molecule has 1 aliphatic rings. The molecule has 0 aromatic carbocycles. The van der Waals surface area contributed by atoms with Gasteiger partial charge in [-0.25, -0.2) is 0 Å². The van der Waals surface area contributed by atoms with Crippen LogP contribution in [-0.2, 0) is 9.53 Å². The first kappa shape index (κ1) is 5.60. The molecule has 0 aromatic rings. The monoisotopic (exact) mass is 114 g/mol. The van der Waals surface area contributed by atoms with Crippen molar-refractivity contribution in [3.05, 3.63) is 0 Å². The van der Waals surface area contributed by atoms with E-state index >= 15 is 0 Å². The van der Waals surface area contributed by atoms with Crippen LogP contribution >= 0.6 is 0 Å². The van der Waals surface area contributed by atoms with Crippen LogP contribution in [0.4, 0.5) is 0 Å². The minimum Gasteiger partial charge on any atom is -0.462 e. The third kappa shape index (κ3) is 0.831. The van der Waals surface area contributed by atoms with Gasteiger partial charge in [0.05, 0.1) is 12.0 Å². The maximum atomic E-state index is 10.6. The third-order valence-electron chi connectivity index (χ3n) is 1.41. The highest BCUT2D eigenvalue weighted by Gasteiger charge is 2.27. The molecule has 0 bridgehead atoms. The van der Waals surface area contributed by atoms with E-state index in [0.29, 0.717) is 0 Å². The molecule has 1 aliphatic heterocycles. The lowest BCUT2D eigenvalue weighted by atomic mass is 10.1. The predicted octanol–water partition coefficient (Wildman–Crippen LogP) is 0.958. The third-order valence-corrected chi connectivity index (χ3v) is 1.41. The van der Waals surface area contributed by atoms with Gasteiger partial charge < -0.3 is 4.74 Å². The first-order chi connectivity index (χ1) is 3.70. The van der Waals surface area contributed by atoms with Crippen molar-refractivity contribution in [1.29, 1.82) is 0 Å². The van der Waals surface area contributed by atoms with Gasteiger partial charge in [0.25, 0.3) is 0 Å². The summed E-state index contributed by atoms with van der Waals surface area (Å²) in [5.41, 5.74) is 0. The summed E-state index contributed by atoms with van der Waals surface area (Å²) >= 11 is 0. The van der Waals surface area contributed by atoms with Crippen LogP contribution < -0.4 is 0 Å². The van der Waals surface area contributed by atoms with E-state index < -0.39 is 0 Å². The van der Waals surface area contributed by atoms with E-state index in [0.717, 1.165) is 6.42 Å². The minimum atomic E-state index is -0.0440. The van der Waals surface area contributed by atoms with E-state index in [2.05, 4.69) is 0 Å². The van der Waals surface area contributed by atoms with Crippen LogP contribution in [0, 0.1) is 5.92 Å². The first-order valence-corrected chi connectivity index (χ1v) is 2.90. The Hall–Kier alpha value is -0.530. The summed E-state index contributed by atoms with van der Waals surface area (Å²) in [5, 5.41) is 0.